The number of pyridine rings is 1. The molecule has 5 heteroatoms. The van der Waals surface area contributed by atoms with Gasteiger partial charge in [-0.3, -0.25) is 0 Å². The number of nitrogens with one attached hydrogen (secondary N) is 1. The molecule has 0 aliphatic rings. The molecule has 0 amide bonds. The number of methoxy groups -OCH3 is 1. The maximum absolute atomic E-state index is 12.9. The first kappa shape index (κ1) is 24.4. The number of hydrogen-bond acceptors (Lipinski definition) is 4. The first-order chi connectivity index (χ1) is 17.5. The molecule has 4 nitrogen and oxygen atoms in total. The van der Waals surface area contributed by atoms with Gasteiger partial charge in [0.1, 0.15) is 5.60 Å². The topological polar surface area (TPSA) is 54.4 Å². The van der Waals surface area contributed by atoms with Crippen LogP contribution in [0.1, 0.15) is 29.0 Å². The van der Waals surface area contributed by atoms with Crippen molar-refractivity contribution in [3.63, 3.8) is 0 Å². The molecule has 0 aliphatic heterocycles. The van der Waals surface area contributed by atoms with Gasteiger partial charge in [0.25, 0.3) is 0 Å². The zero-order valence-corrected chi connectivity index (χ0v) is 22.0. The Hall–Kier alpha value is -3.25. The smallest absolute Gasteiger partial charge is 0.217 e. The number of aromatic nitrogens is 1. The highest BCUT2D eigenvalue weighted by atomic mass is 79.9. The van der Waals surface area contributed by atoms with E-state index in [1.165, 1.54) is 0 Å². The van der Waals surface area contributed by atoms with Gasteiger partial charge in [0.15, 0.2) is 0 Å². The second-order valence-corrected chi connectivity index (χ2v) is 9.99. The molecule has 5 rings (SSSR count). The fourth-order valence-electron chi connectivity index (χ4n) is 5.23. The number of hydrogen-bond donors (Lipinski definition) is 2. The van der Waals surface area contributed by atoms with Gasteiger partial charge in [-0.1, -0.05) is 88.7 Å². The van der Waals surface area contributed by atoms with Gasteiger partial charge in [0, 0.05) is 21.3 Å². The van der Waals surface area contributed by atoms with Crippen LogP contribution >= 0.6 is 15.9 Å². The first-order valence-electron chi connectivity index (χ1n) is 12.1. The largest absolute Gasteiger partial charge is 0.481 e. The summed E-state index contributed by atoms with van der Waals surface area (Å²) in [5, 5.41) is 19.3. The molecule has 0 unspecified atom stereocenters. The highest BCUT2D eigenvalue weighted by molar-refractivity contribution is 9.10. The molecule has 5 aromatic rings. The fourth-order valence-corrected chi connectivity index (χ4v) is 5.61. The van der Waals surface area contributed by atoms with Crippen LogP contribution in [-0.2, 0) is 5.60 Å². The van der Waals surface area contributed by atoms with Crippen molar-refractivity contribution in [1.82, 2.24) is 10.3 Å². The molecule has 2 N–H and O–H groups in total. The lowest BCUT2D eigenvalue weighted by Crippen LogP contribution is -2.37. The van der Waals surface area contributed by atoms with Crippen molar-refractivity contribution in [2.75, 3.05) is 20.7 Å². The number of aliphatic hydroxyl groups is 1. The van der Waals surface area contributed by atoms with E-state index >= 15 is 0 Å². The van der Waals surface area contributed by atoms with Crippen LogP contribution in [0.4, 0.5) is 0 Å². The lowest BCUT2D eigenvalue weighted by atomic mass is 9.70. The first-order valence-corrected chi connectivity index (χ1v) is 12.9. The average molecular weight is 541 g/mol. The quantitative estimate of drug-likeness (QED) is 0.227. The molecule has 0 fully saturated rings. The molecular formula is C31H29BrN2O2. The van der Waals surface area contributed by atoms with E-state index in [1.54, 1.807) is 7.11 Å². The normalized spacial score (nSPS) is 14.0. The van der Waals surface area contributed by atoms with Crippen LogP contribution in [0.25, 0.3) is 21.7 Å². The predicted molar refractivity (Wildman–Crippen MR) is 151 cm³/mol. The van der Waals surface area contributed by atoms with E-state index in [-0.39, 0.29) is 0 Å². The van der Waals surface area contributed by atoms with E-state index in [1.807, 2.05) is 61.6 Å². The van der Waals surface area contributed by atoms with Crippen LogP contribution in [0, 0.1) is 0 Å². The Labute approximate surface area is 220 Å². The van der Waals surface area contributed by atoms with Crippen molar-refractivity contribution in [2.45, 2.75) is 17.9 Å². The molecule has 1 aromatic heterocycles. The third-order valence-electron chi connectivity index (χ3n) is 6.90. The SMILES string of the molecule is CNCC[C@](O)(c1cccc2ccccc12)[C@H](c1ccccc1)c1cc2cc(Br)ccc2nc1OC. The van der Waals surface area contributed by atoms with Crippen LogP contribution in [0.15, 0.2) is 102 Å². The molecule has 2 atom stereocenters. The zero-order valence-electron chi connectivity index (χ0n) is 20.4. The minimum Gasteiger partial charge on any atom is -0.481 e. The molecule has 0 saturated heterocycles. The van der Waals surface area contributed by atoms with Crippen LogP contribution in [-0.4, -0.2) is 30.8 Å². The molecule has 0 radical (unpaired) electrons. The minimum atomic E-state index is -1.25. The Morgan fingerprint density at radius 3 is 2.44 bits per heavy atom. The monoisotopic (exact) mass is 540 g/mol. The third kappa shape index (κ3) is 4.50. The van der Waals surface area contributed by atoms with Gasteiger partial charge in [-0.15, -0.1) is 0 Å². The Balaban J connectivity index is 1.84. The molecule has 0 spiro atoms. The van der Waals surface area contributed by atoms with Crippen molar-refractivity contribution in [3.05, 3.63) is 118 Å². The van der Waals surface area contributed by atoms with Gasteiger partial charge in [0.05, 0.1) is 12.6 Å². The number of nitrogens with zero attached hydrogens (tertiary/aromatic N) is 1. The van der Waals surface area contributed by atoms with Crippen LogP contribution in [0.3, 0.4) is 0 Å². The summed E-state index contributed by atoms with van der Waals surface area (Å²) in [7, 11) is 3.56. The van der Waals surface area contributed by atoms with E-state index in [0.29, 0.717) is 18.8 Å². The van der Waals surface area contributed by atoms with Gasteiger partial charge in [-0.05, 0) is 66.2 Å². The molecule has 0 aliphatic carbocycles. The Bertz CT molecular complexity index is 1500. The molecule has 182 valence electrons. The third-order valence-corrected chi connectivity index (χ3v) is 7.39. The van der Waals surface area contributed by atoms with Crippen molar-refractivity contribution >= 4 is 37.6 Å². The maximum Gasteiger partial charge on any atom is 0.217 e. The summed E-state index contributed by atoms with van der Waals surface area (Å²) in [4.78, 5) is 4.86. The number of fused-ring (bicyclic) bond motifs is 2. The number of benzene rings is 4. The lowest BCUT2D eigenvalue weighted by Gasteiger charge is -2.39. The summed E-state index contributed by atoms with van der Waals surface area (Å²) in [6.07, 6.45) is 0.497. The second-order valence-electron chi connectivity index (χ2n) is 9.07. The van der Waals surface area contributed by atoms with E-state index in [2.05, 4.69) is 63.7 Å². The highest BCUT2D eigenvalue weighted by Crippen LogP contribution is 2.48. The lowest BCUT2D eigenvalue weighted by molar-refractivity contribution is 0.0118. The highest BCUT2D eigenvalue weighted by Gasteiger charge is 2.42. The van der Waals surface area contributed by atoms with E-state index in [0.717, 1.165) is 42.8 Å². The molecule has 0 saturated carbocycles. The summed E-state index contributed by atoms with van der Waals surface area (Å²) in [5.74, 6) is 0.0884. The van der Waals surface area contributed by atoms with Gasteiger partial charge in [0.2, 0.25) is 5.88 Å². The fraction of sp³-hybridized carbons (Fsp3) is 0.194. The van der Waals surface area contributed by atoms with Crippen molar-refractivity contribution in [1.29, 1.82) is 0 Å². The minimum absolute atomic E-state index is 0.427. The molecular weight excluding hydrogens is 512 g/mol. The second kappa shape index (κ2) is 10.4. The molecule has 0 bridgehead atoms. The zero-order chi connectivity index (χ0) is 25.1. The van der Waals surface area contributed by atoms with E-state index < -0.39 is 11.5 Å². The summed E-state index contributed by atoms with van der Waals surface area (Å²) in [6.45, 7) is 0.637. The van der Waals surface area contributed by atoms with Gasteiger partial charge in [-0.2, -0.15) is 0 Å². The van der Waals surface area contributed by atoms with Gasteiger partial charge in [-0.25, -0.2) is 4.98 Å². The number of halogens is 1. The van der Waals surface area contributed by atoms with Crippen molar-refractivity contribution in [2.24, 2.45) is 0 Å². The number of ether oxygens (including phenoxy) is 1. The maximum atomic E-state index is 12.9. The molecule has 4 aromatic carbocycles. The summed E-state index contributed by atoms with van der Waals surface area (Å²) in [6, 6.07) is 32.7. The summed E-state index contributed by atoms with van der Waals surface area (Å²) < 4.78 is 6.84. The Morgan fingerprint density at radius 1 is 0.917 bits per heavy atom. The molecule has 36 heavy (non-hydrogen) atoms. The Morgan fingerprint density at radius 2 is 1.67 bits per heavy atom. The van der Waals surface area contributed by atoms with Crippen LogP contribution in [0.5, 0.6) is 5.88 Å². The molecule has 1 heterocycles. The standard InChI is InChI=1S/C31H29BrN2O2/c1-33-18-17-31(35,27-14-8-12-21-9-6-7-13-25(21)27)29(22-10-4-3-5-11-22)26-20-23-19-24(32)15-16-28(23)34-30(26)36-2/h3-16,19-20,29,33,35H,17-18H2,1-2H3/t29-,31+/m1/s1. The van der Waals surface area contributed by atoms with Crippen molar-refractivity contribution < 1.29 is 9.84 Å². The Kier molecular flexibility index (Phi) is 7.06. The van der Waals surface area contributed by atoms with Crippen molar-refractivity contribution in [3.8, 4) is 5.88 Å². The van der Waals surface area contributed by atoms with E-state index in [4.69, 9.17) is 9.72 Å². The average Bonchev–Trinajstić information content (AvgIpc) is 2.92. The summed E-state index contributed by atoms with van der Waals surface area (Å²) >= 11 is 3.60. The van der Waals surface area contributed by atoms with Crippen LogP contribution in [0.2, 0.25) is 0 Å². The summed E-state index contributed by atoms with van der Waals surface area (Å²) in [5.41, 5.74) is 2.33. The van der Waals surface area contributed by atoms with Crippen LogP contribution < -0.4 is 10.1 Å². The van der Waals surface area contributed by atoms with Gasteiger partial charge >= 0.3 is 0 Å². The predicted octanol–water partition coefficient (Wildman–Crippen LogP) is 6.79. The van der Waals surface area contributed by atoms with E-state index in [9.17, 15) is 5.11 Å². The van der Waals surface area contributed by atoms with Gasteiger partial charge < -0.3 is 15.2 Å². The number of rotatable bonds is 8.